The normalized spacial score (nSPS) is 21.1. The molecule has 1 N–H and O–H groups in total. The number of rotatable bonds is 2. The van der Waals surface area contributed by atoms with E-state index in [9.17, 15) is 4.79 Å². The lowest BCUT2D eigenvalue weighted by molar-refractivity contribution is 0.0730. The first-order chi connectivity index (χ1) is 9.56. The van der Waals surface area contributed by atoms with Gasteiger partial charge in [-0.05, 0) is 18.2 Å². The molecule has 0 saturated carbocycles. The van der Waals surface area contributed by atoms with Gasteiger partial charge < -0.3 is 14.8 Å². The minimum atomic E-state index is -0.0950. The van der Waals surface area contributed by atoms with Crippen molar-refractivity contribution < 1.29 is 14.7 Å². The van der Waals surface area contributed by atoms with Crippen LogP contribution in [0, 0.1) is 5.92 Å². The maximum Gasteiger partial charge on any atom is 0.257 e. The summed E-state index contributed by atoms with van der Waals surface area (Å²) in [5, 5.41) is 12.7. The molecule has 1 aliphatic rings. The number of carbonyl (C=O) groups excluding carboxylic acids is 1. The number of nitrogens with zero attached hydrogens (tertiary/aromatic N) is 2. The fourth-order valence-corrected chi connectivity index (χ4v) is 2.53. The van der Waals surface area contributed by atoms with Gasteiger partial charge in [0.1, 0.15) is 5.75 Å². The number of likely N-dealkylation sites (tertiary alicyclic amines) is 1. The number of methoxy groups -OCH3 is 1. The summed E-state index contributed by atoms with van der Waals surface area (Å²) < 4.78 is 5.21. The summed E-state index contributed by atoms with van der Waals surface area (Å²) in [6, 6.07) is 4.97. The maximum atomic E-state index is 12.5. The number of hydrogen-bond donors (Lipinski definition) is 1. The minimum Gasteiger partial charge on any atom is -0.496 e. The highest BCUT2D eigenvalue weighted by Gasteiger charge is 2.28. The molecule has 0 aromatic heterocycles. The zero-order valence-corrected chi connectivity index (χ0v) is 12.2. The lowest BCUT2D eigenvalue weighted by Crippen LogP contribution is -2.43. The van der Waals surface area contributed by atoms with Crippen molar-refractivity contribution in [3.05, 3.63) is 28.8 Å². The zero-order chi connectivity index (χ0) is 14.7. The van der Waals surface area contributed by atoms with Crippen molar-refractivity contribution in [1.29, 1.82) is 0 Å². The molecule has 20 heavy (non-hydrogen) atoms. The van der Waals surface area contributed by atoms with Crippen molar-refractivity contribution in [3.63, 3.8) is 0 Å². The lowest BCUT2D eigenvalue weighted by Gasteiger charge is -2.31. The van der Waals surface area contributed by atoms with Gasteiger partial charge in [-0.1, -0.05) is 23.7 Å². The molecule has 5 nitrogen and oxygen atoms in total. The Morgan fingerprint density at radius 1 is 1.55 bits per heavy atom. The highest BCUT2D eigenvalue weighted by molar-refractivity contribution is 6.30. The maximum absolute atomic E-state index is 12.5. The Labute approximate surface area is 122 Å². The molecule has 0 radical (unpaired) electrons. The number of oxime groups is 1. The molecule has 108 valence electrons. The summed E-state index contributed by atoms with van der Waals surface area (Å²) >= 11 is 5.90. The Bertz CT molecular complexity index is 545. The van der Waals surface area contributed by atoms with Crippen molar-refractivity contribution in [2.75, 3.05) is 20.2 Å². The van der Waals surface area contributed by atoms with Crippen LogP contribution in [0.15, 0.2) is 23.4 Å². The first kappa shape index (κ1) is 14.7. The number of piperidine rings is 1. The van der Waals surface area contributed by atoms with E-state index in [0.29, 0.717) is 35.8 Å². The van der Waals surface area contributed by atoms with E-state index >= 15 is 0 Å². The molecular formula is C14H17ClN2O3. The highest BCUT2D eigenvalue weighted by Crippen LogP contribution is 2.26. The number of hydrogen-bond acceptors (Lipinski definition) is 4. The number of halogens is 1. The summed E-state index contributed by atoms with van der Waals surface area (Å²) in [7, 11) is 1.51. The van der Waals surface area contributed by atoms with Crippen molar-refractivity contribution in [1.82, 2.24) is 4.90 Å². The standard InChI is InChI=1S/C14H17ClN2O3/c1-9-8-17(6-5-12(9)16-19)14(18)11-4-3-10(15)7-13(11)20-2/h3-4,7,9,19H,5-6,8H2,1-2H3/b16-12-. The largest absolute Gasteiger partial charge is 0.496 e. The quantitative estimate of drug-likeness (QED) is 0.674. The van der Waals surface area contributed by atoms with E-state index in [1.807, 2.05) is 6.92 Å². The summed E-state index contributed by atoms with van der Waals surface area (Å²) in [6.45, 7) is 3.01. The number of benzene rings is 1. The second-order valence-corrected chi connectivity index (χ2v) is 5.27. The van der Waals surface area contributed by atoms with Crippen molar-refractivity contribution >= 4 is 23.2 Å². The molecule has 1 atom stereocenters. The fourth-order valence-electron chi connectivity index (χ4n) is 2.37. The molecule has 1 aromatic rings. The fraction of sp³-hybridized carbons (Fsp3) is 0.429. The van der Waals surface area contributed by atoms with Crippen LogP contribution in [-0.4, -0.2) is 41.9 Å². The van der Waals surface area contributed by atoms with Gasteiger partial charge in [0, 0.05) is 30.5 Å². The second-order valence-electron chi connectivity index (χ2n) is 4.84. The first-order valence-corrected chi connectivity index (χ1v) is 6.78. The Morgan fingerprint density at radius 2 is 2.30 bits per heavy atom. The second kappa shape index (κ2) is 6.13. The Balaban J connectivity index is 2.20. The van der Waals surface area contributed by atoms with E-state index < -0.39 is 0 Å². The molecule has 6 heteroatoms. The zero-order valence-electron chi connectivity index (χ0n) is 11.5. The van der Waals surface area contributed by atoms with E-state index in [4.69, 9.17) is 21.5 Å². The van der Waals surface area contributed by atoms with Crippen LogP contribution < -0.4 is 4.74 Å². The summed E-state index contributed by atoms with van der Waals surface area (Å²) in [5.74, 6) is 0.426. The molecule has 1 amide bonds. The van der Waals surface area contributed by atoms with E-state index in [1.165, 1.54) is 7.11 Å². The van der Waals surface area contributed by atoms with Gasteiger partial charge in [-0.3, -0.25) is 4.79 Å². The smallest absolute Gasteiger partial charge is 0.257 e. The molecule has 1 heterocycles. The van der Waals surface area contributed by atoms with Gasteiger partial charge >= 0.3 is 0 Å². The van der Waals surface area contributed by atoms with E-state index in [0.717, 1.165) is 5.71 Å². The van der Waals surface area contributed by atoms with E-state index in [1.54, 1.807) is 23.1 Å². The average Bonchev–Trinajstić information content (AvgIpc) is 2.46. The third kappa shape index (κ3) is 2.88. The Kier molecular flexibility index (Phi) is 4.49. The Morgan fingerprint density at radius 3 is 2.90 bits per heavy atom. The highest BCUT2D eigenvalue weighted by atomic mass is 35.5. The van der Waals surface area contributed by atoms with Crippen molar-refractivity contribution in [2.45, 2.75) is 13.3 Å². The minimum absolute atomic E-state index is 0.0518. The topological polar surface area (TPSA) is 62.1 Å². The van der Waals surface area contributed by atoms with Crippen LogP contribution in [0.3, 0.4) is 0 Å². The van der Waals surface area contributed by atoms with Gasteiger partial charge in [0.05, 0.1) is 18.4 Å². The number of carbonyl (C=O) groups is 1. The van der Waals surface area contributed by atoms with Crippen molar-refractivity contribution in [3.8, 4) is 5.75 Å². The molecule has 2 rings (SSSR count). The molecule has 1 aliphatic heterocycles. The van der Waals surface area contributed by atoms with Crippen LogP contribution in [-0.2, 0) is 0 Å². The average molecular weight is 297 g/mol. The van der Waals surface area contributed by atoms with Crippen LogP contribution >= 0.6 is 11.6 Å². The molecule has 1 fully saturated rings. The lowest BCUT2D eigenvalue weighted by atomic mass is 9.97. The molecule has 1 aromatic carbocycles. The number of ether oxygens (including phenoxy) is 1. The summed E-state index contributed by atoms with van der Waals surface area (Å²) in [6.07, 6.45) is 0.583. The van der Waals surface area contributed by atoms with E-state index in [2.05, 4.69) is 5.16 Å². The first-order valence-electron chi connectivity index (χ1n) is 6.40. The third-order valence-corrected chi connectivity index (χ3v) is 3.75. The van der Waals surface area contributed by atoms with Crippen LogP contribution in [0.4, 0.5) is 0 Å². The van der Waals surface area contributed by atoms with Crippen LogP contribution in [0.5, 0.6) is 5.75 Å². The van der Waals surface area contributed by atoms with Gasteiger partial charge in [0.25, 0.3) is 5.91 Å². The molecular weight excluding hydrogens is 280 g/mol. The van der Waals surface area contributed by atoms with E-state index in [-0.39, 0.29) is 11.8 Å². The van der Waals surface area contributed by atoms with Gasteiger partial charge in [-0.25, -0.2) is 0 Å². The van der Waals surface area contributed by atoms with Gasteiger partial charge in [-0.15, -0.1) is 0 Å². The third-order valence-electron chi connectivity index (χ3n) is 3.51. The van der Waals surface area contributed by atoms with Crippen molar-refractivity contribution in [2.24, 2.45) is 11.1 Å². The summed E-state index contributed by atoms with van der Waals surface area (Å²) in [4.78, 5) is 14.3. The Hall–Kier alpha value is -1.75. The number of amides is 1. The molecule has 1 saturated heterocycles. The molecule has 1 unspecified atom stereocenters. The monoisotopic (exact) mass is 296 g/mol. The van der Waals surface area contributed by atoms with Crippen LogP contribution in [0.1, 0.15) is 23.7 Å². The van der Waals surface area contributed by atoms with Gasteiger partial charge in [-0.2, -0.15) is 0 Å². The predicted octanol–water partition coefficient (Wildman–Crippen LogP) is 2.66. The molecule has 0 bridgehead atoms. The molecule has 0 aliphatic carbocycles. The van der Waals surface area contributed by atoms with Gasteiger partial charge in [0.15, 0.2) is 0 Å². The van der Waals surface area contributed by atoms with Crippen LogP contribution in [0.25, 0.3) is 0 Å². The molecule has 0 spiro atoms. The predicted molar refractivity (Wildman–Crippen MR) is 76.9 cm³/mol. The van der Waals surface area contributed by atoms with Crippen LogP contribution in [0.2, 0.25) is 5.02 Å². The van der Waals surface area contributed by atoms with Gasteiger partial charge in [0.2, 0.25) is 0 Å². The SMILES string of the molecule is COc1cc(Cl)ccc1C(=O)N1CC/C(=N/O)C(C)C1. The summed E-state index contributed by atoms with van der Waals surface area (Å²) in [5.41, 5.74) is 1.23.